The number of carbonyl (C=O) groups excluding carboxylic acids is 2. The van der Waals surface area contributed by atoms with Gasteiger partial charge in [-0.1, -0.05) is 6.92 Å². The Bertz CT molecular complexity index is 488. The molecule has 2 amide bonds. The van der Waals surface area contributed by atoms with Crippen molar-refractivity contribution in [2.45, 2.75) is 31.2 Å². The van der Waals surface area contributed by atoms with E-state index in [0.29, 0.717) is 11.3 Å². The van der Waals surface area contributed by atoms with E-state index in [0.717, 1.165) is 17.0 Å². The first-order valence-electron chi connectivity index (χ1n) is 5.97. The third-order valence-corrected chi connectivity index (χ3v) is 3.94. The molecule has 1 aliphatic heterocycles. The molecule has 1 aromatic rings. The number of benzene rings is 1. The monoisotopic (exact) mass is 264 g/mol. The van der Waals surface area contributed by atoms with Crippen molar-refractivity contribution in [2.24, 2.45) is 0 Å². The minimum atomic E-state index is -0.100. The van der Waals surface area contributed by atoms with E-state index < -0.39 is 0 Å². The number of thioether (sulfide) groups is 1. The first-order chi connectivity index (χ1) is 8.60. The van der Waals surface area contributed by atoms with Gasteiger partial charge in [-0.15, -0.1) is 11.8 Å². The van der Waals surface area contributed by atoms with Crippen molar-refractivity contribution >= 4 is 29.3 Å². The smallest absolute Gasteiger partial charge is 0.251 e. The highest BCUT2D eigenvalue weighted by Gasteiger charge is 2.17. The van der Waals surface area contributed by atoms with Gasteiger partial charge >= 0.3 is 0 Å². The van der Waals surface area contributed by atoms with Crippen molar-refractivity contribution in [1.82, 2.24) is 5.32 Å². The van der Waals surface area contributed by atoms with Crippen LogP contribution in [0.3, 0.4) is 0 Å². The molecule has 96 valence electrons. The second kappa shape index (κ2) is 5.44. The standard InChI is InChI=1S/C13H16N2O2S/c1-3-8(2)14-13(17)9-4-5-11-10(6-9)15-12(16)7-18-11/h4-6,8H,3,7H2,1-2H3,(H,14,17)(H,15,16)/t8-/m0/s1. The Kier molecular flexibility index (Phi) is 3.91. The Labute approximate surface area is 111 Å². The minimum absolute atomic E-state index is 0.0213. The molecule has 18 heavy (non-hydrogen) atoms. The predicted molar refractivity (Wildman–Crippen MR) is 73.0 cm³/mol. The average molecular weight is 264 g/mol. The molecule has 0 fully saturated rings. The maximum atomic E-state index is 12.0. The van der Waals surface area contributed by atoms with Crippen LogP contribution in [0.4, 0.5) is 5.69 Å². The average Bonchev–Trinajstić information content (AvgIpc) is 2.37. The maximum absolute atomic E-state index is 12.0. The Morgan fingerprint density at radius 3 is 3.06 bits per heavy atom. The van der Waals surface area contributed by atoms with E-state index in [2.05, 4.69) is 10.6 Å². The summed E-state index contributed by atoms with van der Waals surface area (Å²) in [5.41, 5.74) is 1.31. The number of carbonyl (C=O) groups is 2. The topological polar surface area (TPSA) is 58.2 Å². The molecule has 0 saturated heterocycles. The Morgan fingerprint density at radius 2 is 2.33 bits per heavy atom. The molecule has 0 spiro atoms. The molecule has 2 N–H and O–H groups in total. The second-order valence-electron chi connectivity index (χ2n) is 4.33. The lowest BCUT2D eigenvalue weighted by atomic mass is 10.1. The van der Waals surface area contributed by atoms with Crippen LogP contribution in [0.5, 0.6) is 0 Å². The van der Waals surface area contributed by atoms with Crippen molar-refractivity contribution in [3.63, 3.8) is 0 Å². The molecule has 0 aromatic heterocycles. The molecule has 0 bridgehead atoms. The zero-order valence-corrected chi connectivity index (χ0v) is 11.3. The Balaban J connectivity index is 2.17. The number of amides is 2. The van der Waals surface area contributed by atoms with Crippen LogP contribution in [-0.2, 0) is 4.79 Å². The van der Waals surface area contributed by atoms with Gasteiger partial charge in [0.05, 0.1) is 11.4 Å². The quantitative estimate of drug-likeness (QED) is 0.880. The minimum Gasteiger partial charge on any atom is -0.350 e. The molecule has 1 aromatic carbocycles. The van der Waals surface area contributed by atoms with Gasteiger partial charge in [-0.3, -0.25) is 9.59 Å². The normalized spacial score (nSPS) is 15.6. The maximum Gasteiger partial charge on any atom is 0.251 e. The SMILES string of the molecule is CC[C@H](C)NC(=O)c1ccc2c(c1)NC(=O)CS2. The van der Waals surface area contributed by atoms with E-state index >= 15 is 0 Å². The van der Waals surface area contributed by atoms with Crippen molar-refractivity contribution in [3.05, 3.63) is 23.8 Å². The molecule has 0 radical (unpaired) electrons. The van der Waals surface area contributed by atoms with Crippen LogP contribution in [0, 0.1) is 0 Å². The molecule has 1 atom stereocenters. The van der Waals surface area contributed by atoms with Gasteiger partial charge in [0.2, 0.25) is 5.91 Å². The molecular formula is C13H16N2O2S. The van der Waals surface area contributed by atoms with Gasteiger partial charge < -0.3 is 10.6 Å². The van der Waals surface area contributed by atoms with Gasteiger partial charge in [0, 0.05) is 16.5 Å². The molecular weight excluding hydrogens is 248 g/mol. The first-order valence-corrected chi connectivity index (χ1v) is 6.96. The van der Waals surface area contributed by atoms with Gasteiger partial charge in [-0.2, -0.15) is 0 Å². The van der Waals surface area contributed by atoms with Crippen LogP contribution in [0.25, 0.3) is 0 Å². The summed E-state index contributed by atoms with van der Waals surface area (Å²) in [4.78, 5) is 24.3. The van der Waals surface area contributed by atoms with Crippen LogP contribution in [-0.4, -0.2) is 23.6 Å². The second-order valence-corrected chi connectivity index (χ2v) is 5.35. The van der Waals surface area contributed by atoms with E-state index in [1.54, 1.807) is 12.1 Å². The van der Waals surface area contributed by atoms with Crippen molar-refractivity contribution in [3.8, 4) is 0 Å². The largest absolute Gasteiger partial charge is 0.350 e. The van der Waals surface area contributed by atoms with E-state index in [-0.39, 0.29) is 17.9 Å². The molecule has 0 aliphatic carbocycles. The lowest BCUT2D eigenvalue weighted by Gasteiger charge is -2.17. The predicted octanol–water partition coefficient (Wildman–Crippen LogP) is 2.26. The van der Waals surface area contributed by atoms with Crippen LogP contribution in [0.1, 0.15) is 30.6 Å². The van der Waals surface area contributed by atoms with Gasteiger partial charge in [-0.05, 0) is 31.5 Å². The number of hydrogen-bond acceptors (Lipinski definition) is 3. The molecule has 0 saturated carbocycles. The highest BCUT2D eigenvalue weighted by atomic mass is 32.2. The zero-order chi connectivity index (χ0) is 13.1. The Morgan fingerprint density at radius 1 is 1.56 bits per heavy atom. The third-order valence-electron chi connectivity index (χ3n) is 2.86. The summed E-state index contributed by atoms with van der Waals surface area (Å²) in [6.07, 6.45) is 0.892. The van der Waals surface area contributed by atoms with Gasteiger partial charge in [0.1, 0.15) is 0 Å². The van der Waals surface area contributed by atoms with Crippen LogP contribution in [0.15, 0.2) is 23.1 Å². The van der Waals surface area contributed by atoms with Crippen LogP contribution < -0.4 is 10.6 Å². The lowest BCUT2D eigenvalue weighted by Crippen LogP contribution is -2.32. The molecule has 0 unspecified atom stereocenters. The number of rotatable bonds is 3. The first kappa shape index (κ1) is 13.0. The van der Waals surface area contributed by atoms with Crippen molar-refractivity contribution in [1.29, 1.82) is 0 Å². The fraction of sp³-hybridized carbons (Fsp3) is 0.385. The van der Waals surface area contributed by atoms with E-state index in [4.69, 9.17) is 0 Å². The van der Waals surface area contributed by atoms with Crippen molar-refractivity contribution in [2.75, 3.05) is 11.1 Å². The van der Waals surface area contributed by atoms with E-state index in [9.17, 15) is 9.59 Å². The summed E-state index contributed by atoms with van der Waals surface area (Å²) in [7, 11) is 0. The number of nitrogens with one attached hydrogen (secondary N) is 2. The van der Waals surface area contributed by atoms with Gasteiger partial charge in [0.15, 0.2) is 0 Å². The zero-order valence-electron chi connectivity index (χ0n) is 10.4. The van der Waals surface area contributed by atoms with E-state index in [1.165, 1.54) is 11.8 Å². The summed E-state index contributed by atoms with van der Waals surface area (Å²) in [5, 5.41) is 5.69. The Hall–Kier alpha value is -1.49. The highest BCUT2D eigenvalue weighted by molar-refractivity contribution is 8.00. The molecule has 5 heteroatoms. The van der Waals surface area contributed by atoms with Crippen LogP contribution in [0.2, 0.25) is 0 Å². The van der Waals surface area contributed by atoms with Gasteiger partial charge in [0.25, 0.3) is 5.91 Å². The molecule has 4 nitrogen and oxygen atoms in total. The fourth-order valence-electron chi connectivity index (χ4n) is 1.63. The lowest BCUT2D eigenvalue weighted by molar-refractivity contribution is -0.113. The number of hydrogen-bond donors (Lipinski definition) is 2. The number of fused-ring (bicyclic) bond motifs is 1. The number of anilines is 1. The van der Waals surface area contributed by atoms with E-state index in [1.807, 2.05) is 19.9 Å². The summed E-state index contributed by atoms with van der Waals surface area (Å²) < 4.78 is 0. The molecule has 1 heterocycles. The molecule has 1 aliphatic rings. The highest BCUT2D eigenvalue weighted by Crippen LogP contribution is 2.31. The molecule has 2 rings (SSSR count). The summed E-state index contributed by atoms with van der Waals surface area (Å²) in [6.45, 7) is 3.99. The summed E-state index contributed by atoms with van der Waals surface area (Å²) in [5.74, 6) is 0.315. The summed E-state index contributed by atoms with van der Waals surface area (Å²) >= 11 is 1.49. The van der Waals surface area contributed by atoms with Gasteiger partial charge in [-0.25, -0.2) is 0 Å². The summed E-state index contributed by atoms with van der Waals surface area (Å²) in [6, 6.07) is 5.56. The van der Waals surface area contributed by atoms with Crippen molar-refractivity contribution < 1.29 is 9.59 Å². The van der Waals surface area contributed by atoms with Crippen LogP contribution >= 0.6 is 11.8 Å². The fourth-order valence-corrected chi connectivity index (χ4v) is 2.42. The third kappa shape index (κ3) is 2.85.